The first-order valence-corrected chi connectivity index (χ1v) is 11.5. The summed E-state index contributed by atoms with van der Waals surface area (Å²) >= 11 is 0. The molecule has 8 nitrogen and oxygen atoms in total. The summed E-state index contributed by atoms with van der Waals surface area (Å²) in [5, 5.41) is 11.2. The maximum absolute atomic E-state index is 5.35. The largest absolute Gasteiger partial charge is 0.497 e. The van der Waals surface area contributed by atoms with Crippen molar-refractivity contribution in [3.63, 3.8) is 0 Å². The minimum absolute atomic E-state index is 0. The van der Waals surface area contributed by atoms with E-state index in [-0.39, 0.29) is 30.0 Å². The second-order valence-corrected chi connectivity index (χ2v) is 8.17. The summed E-state index contributed by atoms with van der Waals surface area (Å²) < 4.78 is 7.11. The molecule has 1 aliphatic rings. The van der Waals surface area contributed by atoms with Crippen LogP contribution in [0.5, 0.6) is 5.75 Å². The van der Waals surface area contributed by atoms with Crippen LogP contribution in [0.15, 0.2) is 66.0 Å². The van der Waals surface area contributed by atoms with Gasteiger partial charge in [0.2, 0.25) is 0 Å². The van der Waals surface area contributed by atoms with Gasteiger partial charge in [0.25, 0.3) is 0 Å². The predicted molar refractivity (Wildman–Crippen MR) is 146 cm³/mol. The van der Waals surface area contributed by atoms with Crippen LogP contribution in [0.25, 0.3) is 5.82 Å². The van der Waals surface area contributed by atoms with E-state index in [9.17, 15) is 0 Å². The normalized spacial score (nSPS) is 15.3. The highest BCUT2D eigenvalue weighted by molar-refractivity contribution is 14.0. The fourth-order valence-corrected chi connectivity index (χ4v) is 4.21. The molecule has 0 saturated carbocycles. The third kappa shape index (κ3) is 6.92. The molecule has 0 radical (unpaired) electrons. The summed E-state index contributed by atoms with van der Waals surface area (Å²) in [6.45, 7) is 3.67. The molecule has 1 aromatic carbocycles. The van der Waals surface area contributed by atoms with Gasteiger partial charge in [-0.3, -0.25) is 9.89 Å². The first-order valence-electron chi connectivity index (χ1n) is 11.5. The Bertz CT molecular complexity index is 1020. The lowest BCUT2D eigenvalue weighted by atomic mass is 10.0. The molecule has 0 amide bonds. The van der Waals surface area contributed by atoms with Crippen LogP contribution in [-0.2, 0) is 6.54 Å². The molecule has 0 aliphatic carbocycles. The molecule has 1 saturated heterocycles. The van der Waals surface area contributed by atoms with Gasteiger partial charge in [-0.05, 0) is 67.4 Å². The number of aromatic nitrogens is 3. The number of aliphatic imine (C=N–C) groups is 1. The number of halogens is 1. The zero-order valence-corrected chi connectivity index (χ0v) is 22.2. The Labute approximate surface area is 218 Å². The van der Waals surface area contributed by atoms with E-state index in [0.717, 1.165) is 42.7 Å². The highest BCUT2D eigenvalue weighted by Gasteiger charge is 2.22. The lowest BCUT2D eigenvalue weighted by Crippen LogP contribution is -2.44. The monoisotopic (exact) mass is 575 g/mol. The summed E-state index contributed by atoms with van der Waals surface area (Å²) in [4.78, 5) is 11.4. The fraction of sp³-hybridized carbons (Fsp3) is 0.400. The topological polar surface area (TPSA) is 79.6 Å². The van der Waals surface area contributed by atoms with Crippen molar-refractivity contribution in [2.75, 3.05) is 33.8 Å². The second kappa shape index (κ2) is 13.3. The number of likely N-dealkylation sites (tertiary alicyclic amines) is 1. The van der Waals surface area contributed by atoms with Gasteiger partial charge in [0, 0.05) is 38.7 Å². The zero-order valence-electron chi connectivity index (χ0n) is 19.9. The molecule has 1 atom stereocenters. The van der Waals surface area contributed by atoms with E-state index >= 15 is 0 Å². The molecular weight excluding hydrogens is 541 g/mol. The van der Waals surface area contributed by atoms with Crippen molar-refractivity contribution in [1.29, 1.82) is 0 Å². The quantitative estimate of drug-likeness (QED) is 0.242. The van der Waals surface area contributed by atoms with Gasteiger partial charge in [0.1, 0.15) is 5.75 Å². The summed E-state index contributed by atoms with van der Waals surface area (Å²) in [5.41, 5.74) is 2.40. The Morgan fingerprint density at radius 3 is 2.56 bits per heavy atom. The molecule has 34 heavy (non-hydrogen) atoms. The highest BCUT2D eigenvalue weighted by atomic mass is 127. The number of methoxy groups -OCH3 is 1. The van der Waals surface area contributed by atoms with Crippen molar-refractivity contribution in [2.24, 2.45) is 4.99 Å². The molecule has 0 bridgehead atoms. The smallest absolute Gasteiger partial charge is 0.191 e. The number of nitrogens with zero attached hydrogens (tertiary/aromatic N) is 5. The van der Waals surface area contributed by atoms with Crippen molar-refractivity contribution in [3.8, 4) is 11.6 Å². The van der Waals surface area contributed by atoms with Crippen molar-refractivity contribution in [3.05, 3.63) is 72.2 Å². The lowest BCUT2D eigenvalue weighted by molar-refractivity contribution is 0.164. The van der Waals surface area contributed by atoms with Gasteiger partial charge >= 0.3 is 0 Å². The summed E-state index contributed by atoms with van der Waals surface area (Å²) in [6, 6.07) is 14.6. The molecule has 2 aromatic heterocycles. The number of hydrogen-bond donors (Lipinski definition) is 2. The minimum atomic E-state index is 0. The Hall–Kier alpha value is -2.66. The maximum Gasteiger partial charge on any atom is 0.191 e. The van der Waals surface area contributed by atoms with Crippen LogP contribution < -0.4 is 15.4 Å². The number of nitrogens with one attached hydrogen (secondary N) is 2. The predicted octanol–water partition coefficient (Wildman–Crippen LogP) is 3.79. The third-order valence-corrected chi connectivity index (χ3v) is 6.03. The van der Waals surface area contributed by atoms with Gasteiger partial charge in [-0.15, -0.1) is 24.0 Å². The van der Waals surface area contributed by atoms with Crippen molar-refractivity contribution in [2.45, 2.75) is 31.8 Å². The molecule has 182 valence electrons. The van der Waals surface area contributed by atoms with Gasteiger partial charge in [-0.1, -0.05) is 18.6 Å². The number of pyridine rings is 1. The van der Waals surface area contributed by atoms with Gasteiger partial charge in [0.05, 0.1) is 13.2 Å². The zero-order chi connectivity index (χ0) is 22.9. The number of rotatable bonds is 8. The van der Waals surface area contributed by atoms with Crippen LogP contribution in [0, 0.1) is 0 Å². The first kappa shape index (κ1) is 26.0. The standard InChI is InChI=1S/C25H33N7O.HI/c1-26-25(28-18-20-11-13-27-24(17-20)32-16-6-12-30-32)29-19-23(31-14-4-3-5-15-31)21-7-9-22(33-2)10-8-21;/h6-13,16-17,23H,3-5,14-15,18-19H2,1-2H3,(H2,26,28,29);1H. The molecule has 1 aliphatic heterocycles. The summed E-state index contributed by atoms with van der Waals surface area (Å²) in [5.74, 6) is 2.46. The summed E-state index contributed by atoms with van der Waals surface area (Å²) in [7, 11) is 3.51. The molecule has 2 N–H and O–H groups in total. The lowest BCUT2D eigenvalue weighted by Gasteiger charge is -2.35. The van der Waals surface area contributed by atoms with Crippen molar-refractivity contribution >= 4 is 29.9 Å². The SMILES string of the molecule is CN=C(NCc1ccnc(-n2cccn2)c1)NCC(c1ccc(OC)cc1)N1CCCCC1.I. The average Bonchev–Trinajstić information content (AvgIpc) is 3.42. The van der Waals surface area contributed by atoms with Crippen LogP contribution in [0.1, 0.15) is 36.4 Å². The number of guanidine groups is 1. The van der Waals surface area contributed by atoms with Crippen LogP contribution in [0.4, 0.5) is 0 Å². The van der Waals surface area contributed by atoms with Crippen molar-refractivity contribution in [1.82, 2.24) is 30.3 Å². The molecule has 1 fully saturated rings. The highest BCUT2D eigenvalue weighted by Crippen LogP contribution is 2.25. The van der Waals surface area contributed by atoms with E-state index in [1.54, 1.807) is 31.2 Å². The van der Waals surface area contributed by atoms with Crippen LogP contribution >= 0.6 is 24.0 Å². The molecule has 3 heterocycles. The van der Waals surface area contributed by atoms with E-state index < -0.39 is 0 Å². The molecular formula is C25H34IN7O. The second-order valence-electron chi connectivity index (χ2n) is 8.17. The average molecular weight is 575 g/mol. The first-order chi connectivity index (χ1) is 16.3. The van der Waals surface area contributed by atoms with Crippen LogP contribution in [0.3, 0.4) is 0 Å². The fourth-order valence-electron chi connectivity index (χ4n) is 4.21. The van der Waals surface area contributed by atoms with Gasteiger partial charge in [-0.25, -0.2) is 9.67 Å². The van der Waals surface area contributed by atoms with E-state index in [1.807, 2.05) is 36.5 Å². The number of piperidine rings is 1. The molecule has 4 rings (SSSR count). The third-order valence-electron chi connectivity index (χ3n) is 6.03. The van der Waals surface area contributed by atoms with E-state index in [4.69, 9.17) is 4.74 Å². The van der Waals surface area contributed by atoms with Crippen LogP contribution in [-0.4, -0.2) is 59.4 Å². The van der Waals surface area contributed by atoms with E-state index in [2.05, 4.69) is 42.7 Å². The van der Waals surface area contributed by atoms with Gasteiger partial charge < -0.3 is 15.4 Å². The van der Waals surface area contributed by atoms with Crippen molar-refractivity contribution < 1.29 is 4.74 Å². The van der Waals surface area contributed by atoms with Gasteiger partial charge in [0.15, 0.2) is 11.8 Å². The number of ether oxygens (including phenoxy) is 1. The van der Waals surface area contributed by atoms with E-state index in [0.29, 0.717) is 6.54 Å². The molecule has 0 spiro atoms. The summed E-state index contributed by atoms with van der Waals surface area (Å²) in [6.07, 6.45) is 9.26. The van der Waals surface area contributed by atoms with Gasteiger partial charge in [-0.2, -0.15) is 5.10 Å². The number of benzene rings is 1. The maximum atomic E-state index is 5.35. The van der Waals surface area contributed by atoms with Crippen LogP contribution in [0.2, 0.25) is 0 Å². The molecule has 3 aromatic rings. The van der Waals surface area contributed by atoms with E-state index in [1.165, 1.54) is 24.8 Å². The Balaban J connectivity index is 0.00000324. The number of hydrogen-bond acceptors (Lipinski definition) is 5. The minimum Gasteiger partial charge on any atom is -0.497 e. The molecule has 1 unspecified atom stereocenters. The molecule has 9 heteroatoms. The Morgan fingerprint density at radius 1 is 1.09 bits per heavy atom. The Morgan fingerprint density at radius 2 is 1.88 bits per heavy atom. The Kier molecular flexibility index (Phi) is 10.1.